The number of hydrogen-bond acceptors (Lipinski definition) is 3. The highest BCUT2D eigenvalue weighted by molar-refractivity contribution is 5.99. The number of aromatic nitrogens is 1. The zero-order chi connectivity index (χ0) is 17.1. The fourth-order valence-corrected chi connectivity index (χ4v) is 4.77. The molecule has 1 aliphatic carbocycles. The first-order chi connectivity index (χ1) is 11.3. The van der Waals surface area contributed by atoms with Gasteiger partial charge in [0.2, 0.25) is 5.91 Å². The van der Waals surface area contributed by atoms with Crippen LogP contribution in [0.25, 0.3) is 10.9 Å². The molecule has 1 aromatic heterocycles. The van der Waals surface area contributed by atoms with E-state index in [1.54, 1.807) is 17.2 Å². The zero-order valence-electron chi connectivity index (χ0n) is 14.0. The molecule has 2 N–H and O–H groups in total. The predicted octanol–water partition coefficient (Wildman–Crippen LogP) is 2.21. The molecular formula is C19H21N3O2. The van der Waals surface area contributed by atoms with E-state index in [0.717, 1.165) is 17.3 Å². The molecule has 0 spiro atoms. The van der Waals surface area contributed by atoms with Gasteiger partial charge in [0.05, 0.1) is 10.9 Å². The molecule has 4 rings (SSSR count). The summed E-state index contributed by atoms with van der Waals surface area (Å²) in [5, 5.41) is 0.940. The quantitative estimate of drug-likeness (QED) is 0.920. The fraction of sp³-hybridized carbons (Fsp3) is 0.421. The number of nitrogens with zero attached hydrogens (tertiary/aromatic N) is 2. The van der Waals surface area contributed by atoms with Crippen molar-refractivity contribution in [1.82, 2.24) is 9.88 Å². The Balaban J connectivity index is 1.64. The van der Waals surface area contributed by atoms with E-state index in [0.29, 0.717) is 18.7 Å². The topological polar surface area (TPSA) is 76.3 Å². The average molecular weight is 323 g/mol. The van der Waals surface area contributed by atoms with Gasteiger partial charge >= 0.3 is 0 Å². The summed E-state index contributed by atoms with van der Waals surface area (Å²) in [6.45, 7) is 5.32. The van der Waals surface area contributed by atoms with Crippen LogP contribution in [-0.2, 0) is 4.79 Å². The van der Waals surface area contributed by atoms with Crippen LogP contribution in [0.4, 0.5) is 0 Å². The lowest BCUT2D eigenvalue weighted by Crippen LogP contribution is -2.59. The van der Waals surface area contributed by atoms with E-state index < -0.39 is 5.41 Å². The predicted molar refractivity (Wildman–Crippen MR) is 91.2 cm³/mol. The molecule has 24 heavy (non-hydrogen) atoms. The van der Waals surface area contributed by atoms with Crippen LogP contribution >= 0.6 is 0 Å². The third-order valence-corrected chi connectivity index (χ3v) is 5.89. The smallest absolute Gasteiger partial charge is 0.253 e. The second kappa shape index (κ2) is 4.79. The minimum Gasteiger partial charge on any atom is -0.369 e. The van der Waals surface area contributed by atoms with Gasteiger partial charge in [0.15, 0.2) is 0 Å². The Bertz CT molecular complexity index is 861. The van der Waals surface area contributed by atoms with Crippen LogP contribution in [0.5, 0.6) is 0 Å². The molecule has 5 nitrogen and oxygen atoms in total. The number of carbonyl (C=O) groups excluding carboxylic acids is 2. The summed E-state index contributed by atoms with van der Waals surface area (Å²) in [6.07, 6.45) is 2.49. The van der Waals surface area contributed by atoms with Crippen molar-refractivity contribution < 1.29 is 9.59 Å². The van der Waals surface area contributed by atoms with Gasteiger partial charge < -0.3 is 10.6 Å². The number of carbonyl (C=O) groups is 2. The Morgan fingerprint density at radius 1 is 1.29 bits per heavy atom. The standard InChI is InChI=1S/C19H21N3O2/c1-18(2)10-19(17(20)24)11-22(9-15(18)19)16(23)13-5-6-14-12(8-13)4-3-7-21-14/h3-8,15H,9-11H2,1-2H3,(H2,20,24)/t15-,19+/m1/s1. The first-order valence-electron chi connectivity index (χ1n) is 8.27. The third-order valence-electron chi connectivity index (χ3n) is 5.89. The van der Waals surface area contributed by atoms with Gasteiger partial charge in [-0.15, -0.1) is 0 Å². The molecule has 2 atom stereocenters. The van der Waals surface area contributed by atoms with Crippen molar-refractivity contribution in [2.24, 2.45) is 22.5 Å². The van der Waals surface area contributed by atoms with Crippen LogP contribution in [0.1, 0.15) is 30.6 Å². The Morgan fingerprint density at radius 3 is 2.75 bits per heavy atom. The maximum Gasteiger partial charge on any atom is 0.253 e. The Kier molecular flexibility index (Phi) is 3.02. The summed E-state index contributed by atoms with van der Waals surface area (Å²) in [5.74, 6) is -0.162. The highest BCUT2D eigenvalue weighted by Crippen LogP contribution is 2.62. The lowest BCUT2D eigenvalue weighted by Gasteiger charge is -2.54. The summed E-state index contributed by atoms with van der Waals surface area (Å²) < 4.78 is 0. The summed E-state index contributed by atoms with van der Waals surface area (Å²) in [5.41, 5.74) is 6.69. The molecule has 0 unspecified atom stereocenters. The van der Waals surface area contributed by atoms with Crippen LogP contribution in [-0.4, -0.2) is 34.8 Å². The van der Waals surface area contributed by atoms with Crippen LogP contribution in [0, 0.1) is 16.7 Å². The highest BCUT2D eigenvalue weighted by atomic mass is 16.2. The number of rotatable bonds is 2. The number of primary amides is 1. The van der Waals surface area contributed by atoms with Crippen molar-refractivity contribution in [3.05, 3.63) is 42.1 Å². The summed E-state index contributed by atoms with van der Waals surface area (Å²) in [4.78, 5) is 31.0. The van der Waals surface area contributed by atoms with E-state index in [9.17, 15) is 9.59 Å². The maximum absolute atomic E-state index is 12.9. The molecule has 1 aliphatic heterocycles. The van der Waals surface area contributed by atoms with Gasteiger partial charge in [-0.3, -0.25) is 14.6 Å². The van der Waals surface area contributed by atoms with Crippen molar-refractivity contribution in [2.75, 3.05) is 13.1 Å². The van der Waals surface area contributed by atoms with E-state index in [1.165, 1.54) is 0 Å². The third kappa shape index (κ3) is 1.97. The molecule has 1 saturated heterocycles. The second-order valence-electron chi connectivity index (χ2n) is 7.83. The number of pyridine rings is 1. The summed E-state index contributed by atoms with van der Waals surface area (Å²) in [7, 11) is 0. The van der Waals surface area contributed by atoms with Gasteiger partial charge in [-0.05, 0) is 42.0 Å². The molecule has 0 bridgehead atoms. The molecular weight excluding hydrogens is 302 g/mol. The molecule has 0 radical (unpaired) electrons. The Morgan fingerprint density at radius 2 is 2.08 bits per heavy atom. The first kappa shape index (κ1) is 15.1. The van der Waals surface area contributed by atoms with Crippen molar-refractivity contribution in [1.29, 1.82) is 0 Å². The van der Waals surface area contributed by atoms with Gasteiger partial charge in [-0.1, -0.05) is 19.9 Å². The number of fused-ring (bicyclic) bond motifs is 2. The molecule has 1 aromatic carbocycles. The van der Waals surface area contributed by atoms with Crippen molar-refractivity contribution in [3.8, 4) is 0 Å². The van der Waals surface area contributed by atoms with E-state index in [-0.39, 0.29) is 23.1 Å². The molecule has 124 valence electrons. The largest absolute Gasteiger partial charge is 0.369 e. The van der Waals surface area contributed by atoms with Crippen LogP contribution in [0.2, 0.25) is 0 Å². The number of hydrogen-bond donors (Lipinski definition) is 1. The van der Waals surface area contributed by atoms with Crippen LogP contribution < -0.4 is 5.73 Å². The number of benzene rings is 1. The molecule has 2 aliphatic rings. The minimum absolute atomic E-state index is 0.0356. The Labute approximate surface area is 140 Å². The first-order valence-corrected chi connectivity index (χ1v) is 8.27. The van der Waals surface area contributed by atoms with Crippen LogP contribution in [0.15, 0.2) is 36.5 Å². The molecule has 2 heterocycles. The zero-order valence-corrected chi connectivity index (χ0v) is 14.0. The average Bonchev–Trinajstić information content (AvgIpc) is 2.90. The normalized spacial score (nSPS) is 27.6. The molecule has 2 fully saturated rings. The summed E-state index contributed by atoms with van der Waals surface area (Å²) >= 11 is 0. The molecule has 1 saturated carbocycles. The SMILES string of the molecule is CC1(C)C[C@]2(C(N)=O)CN(C(=O)c3ccc4ncccc4c3)C[C@H]12. The van der Waals surface area contributed by atoms with Crippen molar-refractivity contribution >= 4 is 22.7 Å². The van der Waals surface area contributed by atoms with E-state index in [2.05, 4.69) is 18.8 Å². The number of nitrogens with two attached hydrogens (primary N) is 1. The van der Waals surface area contributed by atoms with Gasteiger partial charge in [0.25, 0.3) is 5.91 Å². The monoisotopic (exact) mass is 323 g/mol. The minimum atomic E-state index is -0.544. The van der Waals surface area contributed by atoms with Gasteiger partial charge in [0.1, 0.15) is 0 Å². The van der Waals surface area contributed by atoms with E-state index >= 15 is 0 Å². The van der Waals surface area contributed by atoms with Gasteiger partial charge in [-0.2, -0.15) is 0 Å². The molecule has 2 amide bonds. The lowest BCUT2D eigenvalue weighted by atomic mass is 9.48. The van der Waals surface area contributed by atoms with Gasteiger partial charge in [0, 0.05) is 30.2 Å². The lowest BCUT2D eigenvalue weighted by molar-refractivity contribution is -0.148. The molecule has 2 aromatic rings. The van der Waals surface area contributed by atoms with E-state index in [1.807, 2.05) is 24.3 Å². The van der Waals surface area contributed by atoms with Crippen molar-refractivity contribution in [3.63, 3.8) is 0 Å². The summed E-state index contributed by atoms with van der Waals surface area (Å²) in [6, 6.07) is 9.34. The van der Waals surface area contributed by atoms with Gasteiger partial charge in [-0.25, -0.2) is 0 Å². The maximum atomic E-state index is 12.9. The number of likely N-dealkylation sites (tertiary alicyclic amines) is 1. The second-order valence-corrected chi connectivity index (χ2v) is 7.83. The van der Waals surface area contributed by atoms with Crippen LogP contribution in [0.3, 0.4) is 0 Å². The van der Waals surface area contributed by atoms with E-state index in [4.69, 9.17) is 5.73 Å². The number of amides is 2. The highest BCUT2D eigenvalue weighted by Gasteiger charge is 2.66. The molecule has 5 heteroatoms. The van der Waals surface area contributed by atoms with Crippen molar-refractivity contribution in [2.45, 2.75) is 20.3 Å². The Hall–Kier alpha value is -2.43. The fourth-order valence-electron chi connectivity index (χ4n) is 4.77.